The van der Waals surface area contributed by atoms with Crippen molar-refractivity contribution in [3.8, 4) is 11.3 Å². The van der Waals surface area contributed by atoms with Gasteiger partial charge in [0.2, 0.25) is 5.89 Å². The fourth-order valence-electron chi connectivity index (χ4n) is 4.55. The molecule has 132 valence electrons. The van der Waals surface area contributed by atoms with Gasteiger partial charge in [-0.25, -0.2) is 9.78 Å². The summed E-state index contributed by atoms with van der Waals surface area (Å²) in [6, 6.07) is 9.91. The molecule has 2 N–H and O–H groups in total. The van der Waals surface area contributed by atoms with Crippen LogP contribution in [0, 0.1) is 17.8 Å². The third-order valence-corrected chi connectivity index (χ3v) is 5.81. The van der Waals surface area contributed by atoms with Gasteiger partial charge in [-0.3, -0.25) is 0 Å². The zero-order chi connectivity index (χ0) is 17.2. The highest BCUT2D eigenvalue weighted by molar-refractivity contribution is 5.74. The molecule has 2 fully saturated rings. The third-order valence-electron chi connectivity index (χ3n) is 5.81. The van der Waals surface area contributed by atoms with E-state index in [1.807, 2.05) is 30.3 Å². The fourth-order valence-corrected chi connectivity index (χ4v) is 4.55. The number of rotatable bonds is 5. The van der Waals surface area contributed by atoms with Crippen LogP contribution < -0.4 is 10.6 Å². The molecule has 4 atom stereocenters. The van der Waals surface area contributed by atoms with Crippen LogP contribution in [-0.2, 0) is 6.54 Å². The Balaban J connectivity index is 1.27. The lowest BCUT2D eigenvalue weighted by molar-refractivity contribution is 0.219. The topological polar surface area (TPSA) is 67.2 Å². The summed E-state index contributed by atoms with van der Waals surface area (Å²) in [5.41, 5.74) is 0.982. The van der Waals surface area contributed by atoms with Crippen LogP contribution in [0.4, 0.5) is 4.79 Å². The van der Waals surface area contributed by atoms with E-state index in [0.717, 1.165) is 17.4 Å². The van der Waals surface area contributed by atoms with Crippen molar-refractivity contribution in [2.24, 2.45) is 17.8 Å². The van der Waals surface area contributed by atoms with Crippen molar-refractivity contribution >= 4 is 6.03 Å². The van der Waals surface area contributed by atoms with Crippen LogP contribution in [-0.4, -0.2) is 17.1 Å². The van der Waals surface area contributed by atoms with E-state index in [0.29, 0.717) is 24.1 Å². The number of benzene rings is 1. The number of hydrogen-bond donors (Lipinski definition) is 2. The van der Waals surface area contributed by atoms with Crippen LogP contribution in [0.2, 0.25) is 0 Å². The summed E-state index contributed by atoms with van der Waals surface area (Å²) >= 11 is 0. The SMILES string of the molecule is CC(NC(=O)NCc1ncc(-c2ccccc2)o1)C1CC2CCC1C2. The molecule has 1 aromatic heterocycles. The van der Waals surface area contributed by atoms with Crippen molar-refractivity contribution < 1.29 is 9.21 Å². The van der Waals surface area contributed by atoms with Gasteiger partial charge in [-0.2, -0.15) is 0 Å². The first-order chi connectivity index (χ1) is 12.2. The Labute approximate surface area is 148 Å². The molecule has 5 heteroatoms. The highest BCUT2D eigenvalue weighted by atomic mass is 16.4. The lowest BCUT2D eigenvalue weighted by Crippen LogP contribution is -2.45. The van der Waals surface area contributed by atoms with E-state index in [1.54, 1.807) is 6.20 Å². The number of carbonyl (C=O) groups excluding carboxylic acids is 1. The van der Waals surface area contributed by atoms with Crippen molar-refractivity contribution in [2.45, 2.75) is 45.2 Å². The molecule has 2 saturated carbocycles. The molecule has 1 heterocycles. The first kappa shape index (κ1) is 16.2. The number of carbonyl (C=O) groups is 1. The molecule has 0 saturated heterocycles. The molecule has 2 aromatic rings. The Morgan fingerprint density at radius 2 is 2.12 bits per heavy atom. The summed E-state index contributed by atoms with van der Waals surface area (Å²) in [5.74, 6) is 3.57. The minimum atomic E-state index is -0.144. The molecule has 0 aliphatic heterocycles. The maximum Gasteiger partial charge on any atom is 0.315 e. The highest BCUT2D eigenvalue weighted by Gasteiger charge is 2.42. The third kappa shape index (κ3) is 3.55. The summed E-state index contributed by atoms with van der Waals surface area (Å²) in [7, 11) is 0. The van der Waals surface area contributed by atoms with Crippen molar-refractivity contribution in [2.75, 3.05) is 0 Å². The standard InChI is InChI=1S/C20H25N3O2/c1-13(17-10-14-7-8-16(17)9-14)23-20(24)22-12-19-21-11-18(25-19)15-5-3-2-4-6-15/h2-6,11,13-14,16-17H,7-10,12H2,1H3,(H2,22,23,24). The van der Waals surface area contributed by atoms with Crippen molar-refractivity contribution in [1.82, 2.24) is 15.6 Å². The van der Waals surface area contributed by atoms with Gasteiger partial charge in [0.25, 0.3) is 0 Å². The molecule has 0 spiro atoms. The van der Waals surface area contributed by atoms with Gasteiger partial charge in [0, 0.05) is 11.6 Å². The maximum atomic E-state index is 12.2. The Morgan fingerprint density at radius 1 is 1.28 bits per heavy atom. The zero-order valence-electron chi connectivity index (χ0n) is 14.6. The van der Waals surface area contributed by atoms with E-state index in [4.69, 9.17) is 4.42 Å². The van der Waals surface area contributed by atoms with Crippen LogP contribution in [0.25, 0.3) is 11.3 Å². The zero-order valence-corrected chi connectivity index (χ0v) is 14.6. The smallest absolute Gasteiger partial charge is 0.315 e. The van der Waals surface area contributed by atoms with Crippen LogP contribution in [0.3, 0.4) is 0 Å². The molecular formula is C20H25N3O2. The molecule has 1 aromatic carbocycles. The molecule has 0 radical (unpaired) electrons. The van der Waals surface area contributed by atoms with Gasteiger partial charge in [-0.1, -0.05) is 36.8 Å². The van der Waals surface area contributed by atoms with E-state index < -0.39 is 0 Å². The molecule has 2 aliphatic carbocycles. The quantitative estimate of drug-likeness (QED) is 0.866. The monoisotopic (exact) mass is 339 g/mol. The van der Waals surface area contributed by atoms with Gasteiger partial charge in [-0.05, 0) is 43.9 Å². The average Bonchev–Trinajstić information content (AvgIpc) is 3.37. The fraction of sp³-hybridized carbons (Fsp3) is 0.500. The number of nitrogens with one attached hydrogen (secondary N) is 2. The van der Waals surface area contributed by atoms with Gasteiger partial charge < -0.3 is 15.1 Å². The molecule has 25 heavy (non-hydrogen) atoms. The van der Waals surface area contributed by atoms with Crippen molar-refractivity contribution in [3.63, 3.8) is 0 Å². The number of nitrogens with zero attached hydrogens (tertiary/aromatic N) is 1. The second-order valence-electron chi connectivity index (χ2n) is 7.44. The highest BCUT2D eigenvalue weighted by Crippen LogP contribution is 2.49. The molecule has 4 rings (SSSR count). The summed E-state index contributed by atoms with van der Waals surface area (Å²) < 4.78 is 5.71. The van der Waals surface area contributed by atoms with Gasteiger partial charge >= 0.3 is 6.03 Å². The summed E-state index contributed by atoms with van der Waals surface area (Å²) in [6.45, 7) is 2.42. The Hall–Kier alpha value is -2.30. The molecular weight excluding hydrogens is 314 g/mol. The summed E-state index contributed by atoms with van der Waals surface area (Å²) in [6.07, 6.45) is 7.04. The molecule has 2 aliphatic rings. The molecule has 2 bridgehead atoms. The predicted molar refractivity (Wildman–Crippen MR) is 95.7 cm³/mol. The summed E-state index contributed by atoms with van der Waals surface area (Å²) in [5, 5.41) is 5.95. The molecule has 5 nitrogen and oxygen atoms in total. The van der Waals surface area contributed by atoms with E-state index in [1.165, 1.54) is 25.7 Å². The van der Waals surface area contributed by atoms with Crippen LogP contribution in [0.5, 0.6) is 0 Å². The van der Waals surface area contributed by atoms with Crippen LogP contribution >= 0.6 is 0 Å². The second kappa shape index (κ2) is 6.90. The average molecular weight is 339 g/mol. The Bertz CT molecular complexity index is 728. The van der Waals surface area contributed by atoms with E-state index in [-0.39, 0.29) is 12.1 Å². The van der Waals surface area contributed by atoms with Crippen LogP contribution in [0.15, 0.2) is 40.9 Å². The number of hydrogen-bond acceptors (Lipinski definition) is 3. The number of amides is 2. The van der Waals surface area contributed by atoms with E-state index in [2.05, 4.69) is 22.5 Å². The van der Waals surface area contributed by atoms with Crippen LogP contribution in [0.1, 0.15) is 38.5 Å². The van der Waals surface area contributed by atoms with Gasteiger partial charge in [0.05, 0.1) is 12.7 Å². The molecule has 4 unspecified atom stereocenters. The van der Waals surface area contributed by atoms with E-state index >= 15 is 0 Å². The number of aromatic nitrogens is 1. The Morgan fingerprint density at radius 3 is 2.84 bits per heavy atom. The van der Waals surface area contributed by atoms with Gasteiger partial charge in [0.15, 0.2) is 5.76 Å². The number of fused-ring (bicyclic) bond motifs is 2. The first-order valence-electron chi connectivity index (χ1n) is 9.23. The first-order valence-corrected chi connectivity index (χ1v) is 9.23. The normalized spacial score (nSPS) is 25.7. The summed E-state index contributed by atoms with van der Waals surface area (Å²) in [4.78, 5) is 16.4. The maximum absolute atomic E-state index is 12.2. The van der Waals surface area contributed by atoms with Crippen molar-refractivity contribution in [3.05, 3.63) is 42.4 Å². The predicted octanol–water partition coefficient (Wildman–Crippen LogP) is 3.97. The lowest BCUT2D eigenvalue weighted by atomic mass is 9.84. The van der Waals surface area contributed by atoms with Gasteiger partial charge in [0.1, 0.15) is 0 Å². The van der Waals surface area contributed by atoms with E-state index in [9.17, 15) is 4.79 Å². The van der Waals surface area contributed by atoms with Crippen molar-refractivity contribution in [1.29, 1.82) is 0 Å². The van der Waals surface area contributed by atoms with Gasteiger partial charge in [-0.15, -0.1) is 0 Å². The Kier molecular flexibility index (Phi) is 4.47. The minimum Gasteiger partial charge on any atom is -0.439 e. The second-order valence-corrected chi connectivity index (χ2v) is 7.44. The minimum absolute atomic E-state index is 0.144. The number of oxazole rings is 1. The molecule has 2 amide bonds. The largest absolute Gasteiger partial charge is 0.439 e. The number of urea groups is 1. The lowest BCUT2D eigenvalue weighted by Gasteiger charge is -2.28.